The van der Waals surface area contributed by atoms with Gasteiger partial charge < -0.3 is 5.11 Å². The fourth-order valence-corrected chi connectivity index (χ4v) is 3.16. The smallest absolute Gasteiger partial charge is 0.0516 e. The largest absolute Gasteiger partial charge is 0.396 e. The van der Waals surface area contributed by atoms with Gasteiger partial charge in [0.15, 0.2) is 0 Å². The highest BCUT2D eigenvalue weighted by Crippen LogP contribution is 2.30. The Morgan fingerprint density at radius 3 is 2.10 bits per heavy atom. The monoisotopic (exact) mass is 275 g/mol. The fourth-order valence-electron chi connectivity index (χ4n) is 3.16. The van der Waals surface area contributed by atoms with E-state index in [1.165, 1.54) is 27.8 Å². The van der Waals surface area contributed by atoms with Crippen LogP contribution in [0.1, 0.15) is 53.6 Å². The molecule has 0 aliphatic heterocycles. The van der Waals surface area contributed by atoms with Crippen molar-refractivity contribution in [2.75, 3.05) is 6.61 Å². The molecule has 110 valence electrons. The number of aliphatic hydroxyl groups is 1. The van der Waals surface area contributed by atoms with Crippen LogP contribution in [0.4, 0.5) is 0 Å². The van der Waals surface area contributed by atoms with Crippen LogP contribution in [0.3, 0.4) is 0 Å². The molecule has 0 atom stereocenters. The standard InChI is InChI=1S/C16H25N3O/c1-5-13-11(3)14(6-2)15(8-7-9-20)16(12(13)4)10-18-19-17/h20H,5-10H2,1-4H3. The lowest BCUT2D eigenvalue weighted by atomic mass is 9.84. The van der Waals surface area contributed by atoms with Gasteiger partial charge >= 0.3 is 0 Å². The normalized spacial score (nSPS) is 10.4. The molecule has 1 aromatic carbocycles. The molecule has 0 saturated carbocycles. The third kappa shape index (κ3) is 3.33. The number of hydrogen-bond acceptors (Lipinski definition) is 2. The zero-order valence-electron chi connectivity index (χ0n) is 13.0. The van der Waals surface area contributed by atoms with Crippen molar-refractivity contribution in [2.24, 2.45) is 5.11 Å². The average Bonchev–Trinajstić information content (AvgIpc) is 2.44. The molecule has 0 aliphatic rings. The molecule has 0 fully saturated rings. The molecule has 0 heterocycles. The third-order valence-corrected chi connectivity index (χ3v) is 4.12. The van der Waals surface area contributed by atoms with Gasteiger partial charge in [-0.3, -0.25) is 0 Å². The van der Waals surface area contributed by atoms with Crippen molar-refractivity contribution >= 4 is 0 Å². The summed E-state index contributed by atoms with van der Waals surface area (Å²) in [5, 5.41) is 12.9. The Morgan fingerprint density at radius 2 is 1.60 bits per heavy atom. The van der Waals surface area contributed by atoms with Gasteiger partial charge in [-0.1, -0.05) is 19.0 Å². The molecule has 4 heteroatoms. The van der Waals surface area contributed by atoms with Crippen LogP contribution in [0.5, 0.6) is 0 Å². The SMILES string of the molecule is CCc1c(C)c(CC)c(CCCO)c(CN=[N+]=[N-])c1C. The van der Waals surface area contributed by atoms with Gasteiger partial charge in [0.2, 0.25) is 0 Å². The quantitative estimate of drug-likeness (QED) is 0.453. The first-order chi connectivity index (χ1) is 9.62. The molecule has 1 rings (SSSR count). The average molecular weight is 275 g/mol. The van der Waals surface area contributed by atoms with E-state index in [1.54, 1.807) is 0 Å². The molecule has 0 spiro atoms. The van der Waals surface area contributed by atoms with E-state index in [1.807, 2.05) is 0 Å². The minimum Gasteiger partial charge on any atom is -0.396 e. The summed E-state index contributed by atoms with van der Waals surface area (Å²) < 4.78 is 0. The maximum absolute atomic E-state index is 9.12. The molecule has 0 bridgehead atoms. The van der Waals surface area contributed by atoms with Gasteiger partial charge in [-0.25, -0.2) is 0 Å². The van der Waals surface area contributed by atoms with Crippen LogP contribution in [-0.2, 0) is 25.8 Å². The van der Waals surface area contributed by atoms with E-state index in [-0.39, 0.29) is 6.61 Å². The summed E-state index contributed by atoms with van der Waals surface area (Å²) in [4.78, 5) is 2.90. The second-order valence-electron chi connectivity index (χ2n) is 5.09. The first-order valence-electron chi connectivity index (χ1n) is 7.36. The Kier molecular flexibility index (Phi) is 6.56. The van der Waals surface area contributed by atoms with Gasteiger partial charge in [0, 0.05) is 11.5 Å². The van der Waals surface area contributed by atoms with E-state index in [2.05, 4.69) is 37.7 Å². The van der Waals surface area contributed by atoms with Crippen molar-refractivity contribution in [3.05, 3.63) is 43.8 Å². The minimum atomic E-state index is 0.192. The highest BCUT2D eigenvalue weighted by atomic mass is 16.2. The van der Waals surface area contributed by atoms with Gasteiger partial charge in [-0.05, 0) is 78.4 Å². The van der Waals surface area contributed by atoms with Crippen molar-refractivity contribution in [3.8, 4) is 0 Å². The Morgan fingerprint density at radius 1 is 1.00 bits per heavy atom. The zero-order valence-corrected chi connectivity index (χ0v) is 13.0. The van der Waals surface area contributed by atoms with Gasteiger partial charge in [0.1, 0.15) is 0 Å². The lowest BCUT2D eigenvalue weighted by molar-refractivity contribution is 0.288. The predicted octanol–water partition coefficient (Wildman–Crippen LogP) is 4.16. The van der Waals surface area contributed by atoms with E-state index in [9.17, 15) is 0 Å². The maximum Gasteiger partial charge on any atom is 0.0516 e. The highest BCUT2D eigenvalue weighted by Gasteiger charge is 2.16. The van der Waals surface area contributed by atoms with Gasteiger partial charge in [0.25, 0.3) is 0 Å². The molecule has 0 aromatic heterocycles. The summed E-state index contributed by atoms with van der Waals surface area (Å²) in [6.45, 7) is 9.23. The summed E-state index contributed by atoms with van der Waals surface area (Å²) in [6.07, 6.45) is 3.57. The third-order valence-electron chi connectivity index (χ3n) is 4.12. The van der Waals surface area contributed by atoms with E-state index < -0.39 is 0 Å². The molecule has 20 heavy (non-hydrogen) atoms. The van der Waals surface area contributed by atoms with E-state index >= 15 is 0 Å². The molecular formula is C16H25N3O. The van der Waals surface area contributed by atoms with Crippen molar-refractivity contribution in [2.45, 2.75) is 59.9 Å². The van der Waals surface area contributed by atoms with E-state index in [0.717, 1.165) is 31.2 Å². The maximum atomic E-state index is 9.12. The predicted molar refractivity (Wildman–Crippen MR) is 82.9 cm³/mol. The molecule has 0 aliphatic carbocycles. The molecule has 0 unspecified atom stereocenters. The molecule has 0 saturated heterocycles. The number of benzene rings is 1. The molecule has 1 N–H and O–H groups in total. The van der Waals surface area contributed by atoms with Crippen molar-refractivity contribution < 1.29 is 5.11 Å². The molecule has 1 aromatic rings. The molecular weight excluding hydrogens is 250 g/mol. The van der Waals surface area contributed by atoms with Crippen LogP contribution in [0.25, 0.3) is 10.4 Å². The summed E-state index contributed by atoms with van der Waals surface area (Å²) in [5.74, 6) is 0. The van der Waals surface area contributed by atoms with E-state index in [0.29, 0.717) is 6.54 Å². The summed E-state index contributed by atoms with van der Waals surface area (Å²) in [6, 6.07) is 0. The van der Waals surface area contributed by atoms with Crippen LogP contribution in [0, 0.1) is 13.8 Å². The lowest BCUT2D eigenvalue weighted by Crippen LogP contribution is -2.09. The highest BCUT2D eigenvalue weighted by molar-refractivity contribution is 5.51. The number of nitrogens with zero attached hydrogens (tertiary/aromatic N) is 3. The summed E-state index contributed by atoms with van der Waals surface area (Å²) >= 11 is 0. The molecule has 0 amide bonds. The topological polar surface area (TPSA) is 69.0 Å². The van der Waals surface area contributed by atoms with Crippen molar-refractivity contribution in [1.29, 1.82) is 0 Å². The molecule has 4 nitrogen and oxygen atoms in total. The number of hydrogen-bond donors (Lipinski definition) is 1. The first kappa shape index (κ1) is 16.5. The Hall–Kier alpha value is -1.51. The number of rotatable bonds is 7. The molecule has 0 radical (unpaired) electrons. The second-order valence-corrected chi connectivity index (χ2v) is 5.09. The van der Waals surface area contributed by atoms with Crippen LogP contribution >= 0.6 is 0 Å². The summed E-state index contributed by atoms with van der Waals surface area (Å²) in [5.41, 5.74) is 16.4. The van der Waals surface area contributed by atoms with Crippen LogP contribution in [0.2, 0.25) is 0 Å². The lowest BCUT2D eigenvalue weighted by Gasteiger charge is -2.22. The van der Waals surface area contributed by atoms with Gasteiger partial charge in [-0.15, -0.1) is 0 Å². The van der Waals surface area contributed by atoms with Crippen molar-refractivity contribution in [1.82, 2.24) is 0 Å². The van der Waals surface area contributed by atoms with Gasteiger partial charge in [0.05, 0.1) is 6.54 Å². The number of azide groups is 1. The van der Waals surface area contributed by atoms with Gasteiger partial charge in [-0.2, -0.15) is 0 Å². The first-order valence-corrected chi connectivity index (χ1v) is 7.36. The minimum absolute atomic E-state index is 0.192. The Labute approximate surface area is 121 Å². The fraction of sp³-hybridized carbons (Fsp3) is 0.625. The Balaban J connectivity index is 3.52. The van der Waals surface area contributed by atoms with Crippen molar-refractivity contribution in [3.63, 3.8) is 0 Å². The zero-order chi connectivity index (χ0) is 15.1. The van der Waals surface area contributed by atoms with Crippen LogP contribution in [0.15, 0.2) is 5.11 Å². The Bertz CT molecular complexity index is 517. The van der Waals surface area contributed by atoms with Crippen LogP contribution in [-0.4, -0.2) is 11.7 Å². The second kappa shape index (κ2) is 7.93. The summed E-state index contributed by atoms with van der Waals surface area (Å²) in [7, 11) is 0. The van der Waals surface area contributed by atoms with Crippen LogP contribution < -0.4 is 0 Å². The number of aliphatic hydroxyl groups excluding tert-OH is 1. The van der Waals surface area contributed by atoms with E-state index in [4.69, 9.17) is 10.6 Å².